The summed E-state index contributed by atoms with van der Waals surface area (Å²) in [4.78, 5) is 54.3. The molecule has 6 atom stereocenters. The molecule has 0 bridgehead atoms. The molecule has 21 heteroatoms. The summed E-state index contributed by atoms with van der Waals surface area (Å²) in [5.41, 5.74) is -4.33. The van der Waals surface area contributed by atoms with Crippen LogP contribution in [0.4, 0.5) is 4.39 Å². The minimum Gasteiger partial charge on any atom is -0.386 e. The zero-order chi connectivity index (χ0) is 28.4. The Morgan fingerprint density at radius 1 is 1.34 bits per heavy atom. The summed E-state index contributed by atoms with van der Waals surface area (Å²) < 4.78 is 81.5. The van der Waals surface area contributed by atoms with Gasteiger partial charge in [0, 0.05) is 6.20 Å². The molecule has 3 unspecified atom stereocenters. The average Bonchev–Trinajstić information content (AvgIpc) is 3.12. The average molecular weight is 565 g/mol. The van der Waals surface area contributed by atoms with Gasteiger partial charge in [-0.25, -0.2) is 23.1 Å². The zero-order valence-electron chi connectivity index (χ0n) is 19.0. The van der Waals surface area contributed by atoms with Crippen molar-refractivity contribution in [1.29, 1.82) is 0 Å². The van der Waals surface area contributed by atoms with Gasteiger partial charge in [0.15, 0.2) is 23.3 Å². The molecule has 3 rings (SSSR count). The van der Waals surface area contributed by atoms with Gasteiger partial charge in [-0.05, 0) is 6.92 Å². The van der Waals surface area contributed by atoms with Crippen molar-refractivity contribution in [2.75, 3.05) is 6.56 Å². The number of H-pyrrole nitrogens is 1. The van der Waals surface area contributed by atoms with Crippen molar-refractivity contribution in [3.05, 3.63) is 28.2 Å². The van der Waals surface area contributed by atoms with Gasteiger partial charge >= 0.3 is 23.5 Å². The topological polar surface area (TPSA) is 260 Å². The minimum atomic E-state index is -6.10. The number of nitrogens with one attached hydrogen (secondary N) is 1. The van der Waals surface area contributed by atoms with Gasteiger partial charge in [-0.1, -0.05) is 5.92 Å². The molecular formula is C14H17FN3O14P3. The molecule has 0 saturated carbocycles. The number of ether oxygens (including phenoxy) is 1. The highest BCUT2D eigenvalue weighted by atomic mass is 31.3. The fourth-order valence-corrected chi connectivity index (χ4v) is 5.91. The molecule has 35 heavy (non-hydrogen) atoms. The molecule has 17 nitrogen and oxygen atoms in total. The van der Waals surface area contributed by atoms with E-state index in [2.05, 4.69) is 23.1 Å². The molecule has 2 aromatic heterocycles. The molecule has 1 aliphatic rings. The molecule has 1 saturated heterocycles. The van der Waals surface area contributed by atoms with E-state index in [0.29, 0.717) is 10.8 Å². The normalized spacial score (nSPS) is 29.7. The van der Waals surface area contributed by atoms with Crippen molar-refractivity contribution < 1.29 is 68.5 Å². The summed E-state index contributed by atoms with van der Waals surface area (Å²) in [5, 5.41) is 20.8. The number of aliphatic hydroxyl groups is 2. The highest BCUT2D eigenvalue weighted by Gasteiger charge is 2.56. The van der Waals surface area contributed by atoms with Crippen molar-refractivity contribution in [1.82, 2.24) is 14.5 Å². The Balaban J connectivity index is 1.99. The Morgan fingerprint density at radius 2 is 1.97 bits per heavy atom. The number of terminal acetylenes is 1. The number of aromatic nitrogens is 3. The number of phosphoric ester groups is 1. The lowest BCUT2D eigenvalue weighted by atomic mass is 9.95. The second kappa shape index (κ2) is 9.25. The van der Waals surface area contributed by atoms with Crippen molar-refractivity contribution in [3.63, 3.8) is 0 Å². The first-order valence-corrected chi connectivity index (χ1v) is 13.3. The molecule has 2 aromatic rings. The van der Waals surface area contributed by atoms with Crippen LogP contribution in [0.2, 0.25) is 0 Å². The molecule has 1 fully saturated rings. The van der Waals surface area contributed by atoms with Crippen LogP contribution >= 0.6 is 23.5 Å². The Kier molecular flexibility index (Phi) is 6.58. The third-order valence-corrected chi connectivity index (χ3v) is 7.99. The van der Waals surface area contributed by atoms with Crippen LogP contribution in [-0.2, 0) is 31.6 Å². The summed E-state index contributed by atoms with van der Waals surface area (Å²) in [6, 6.07) is 0. The lowest BCUT2D eigenvalue weighted by Crippen LogP contribution is -2.45. The van der Waals surface area contributed by atoms with Crippen molar-refractivity contribution in [2.24, 2.45) is 0 Å². The number of halogens is 1. The summed E-state index contributed by atoms with van der Waals surface area (Å²) >= 11 is 0. The van der Waals surface area contributed by atoms with Crippen molar-refractivity contribution >= 4 is 34.5 Å². The van der Waals surface area contributed by atoms with Crippen LogP contribution in [0.5, 0.6) is 0 Å². The third-order valence-electron chi connectivity index (χ3n) is 4.33. The number of aryl methyl sites for hydroxylation is 1. The van der Waals surface area contributed by atoms with E-state index < -0.39 is 76.5 Å². The summed E-state index contributed by atoms with van der Waals surface area (Å²) in [7, 11) is -17.9. The number of fused-ring (bicyclic) bond motifs is 1. The molecule has 0 aliphatic carbocycles. The van der Waals surface area contributed by atoms with Gasteiger partial charge in [-0.3, -0.25) is 13.9 Å². The van der Waals surface area contributed by atoms with Gasteiger partial charge in [0.25, 0.3) is 5.56 Å². The SMILES string of the molecule is [2H]C([2H])(OP(=O)(O)OP(=O)(O)OP(=O)(O)O)[C@H]1O[C@@H](n2cc(F)c3c(=O)[nH]c(C)nc32)C(O)(C#C)[C@H]1O. The highest BCUT2D eigenvalue weighted by molar-refractivity contribution is 7.66. The fourth-order valence-electron chi connectivity index (χ4n) is 3.04. The van der Waals surface area contributed by atoms with Crippen molar-refractivity contribution in [3.8, 4) is 12.3 Å². The van der Waals surface area contributed by atoms with E-state index in [0.717, 1.165) is 0 Å². The maximum Gasteiger partial charge on any atom is 0.490 e. The van der Waals surface area contributed by atoms with E-state index in [1.54, 1.807) is 5.92 Å². The maximum absolute atomic E-state index is 14.5. The first-order chi connectivity index (χ1) is 16.6. The van der Waals surface area contributed by atoms with E-state index in [9.17, 15) is 42.9 Å². The number of hydrogen-bond acceptors (Lipinski definition) is 11. The molecule has 0 spiro atoms. The van der Waals surface area contributed by atoms with Gasteiger partial charge in [0.1, 0.15) is 23.4 Å². The highest BCUT2D eigenvalue weighted by Crippen LogP contribution is 2.66. The van der Waals surface area contributed by atoms with Gasteiger partial charge in [-0.15, -0.1) is 6.42 Å². The van der Waals surface area contributed by atoms with Crippen LogP contribution in [0.3, 0.4) is 0 Å². The molecule has 0 amide bonds. The van der Waals surface area contributed by atoms with Gasteiger partial charge in [0.2, 0.25) is 0 Å². The molecule has 194 valence electrons. The van der Waals surface area contributed by atoms with Gasteiger partial charge in [0.05, 0.1) is 9.30 Å². The smallest absolute Gasteiger partial charge is 0.386 e. The van der Waals surface area contributed by atoms with E-state index in [1.807, 2.05) is 0 Å². The lowest BCUT2D eigenvalue weighted by Gasteiger charge is -2.26. The largest absolute Gasteiger partial charge is 0.490 e. The fraction of sp³-hybridized carbons (Fsp3) is 0.429. The van der Waals surface area contributed by atoms with Crippen LogP contribution in [0.15, 0.2) is 11.0 Å². The van der Waals surface area contributed by atoms with Crippen LogP contribution in [-0.4, -0.2) is 68.7 Å². The van der Waals surface area contributed by atoms with E-state index in [-0.39, 0.29) is 5.82 Å². The van der Waals surface area contributed by atoms with E-state index >= 15 is 0 Å². The van der Waals surface area contributed by atoms with Gasteiger partial charge < -0.3 is 39.5 Å². The minimum absolute atomic E-state index is 0.0285. The first kappa shape index (κ1) is 24.9. The van der Waals surface area contributed by atoms with Crippen LogP contribution < -0.4 is 5.56 Å². The van der Waals surface area contributed by atoms with Crippen molar-refractivity contribution in [2.45, 2.75) is 31.0 Å². The first-order valence-electron chi connectivity index (χ1n) is 9.77. The van der Waals surface area contributed by atoms with Crippen LogP contribution in [0.1, 0.15) is 14.8 Å². The predicted molar refractivity (Wildman–Crippen MR) is 109 cm³/mol. The Labute approximate surface area is 196 Å². The summed E-state index contributed by atoms with van der Waals surface area (Å²) in [6.07, 6.45) is -1.27. The number of aliphatic hydroxyl groups excluding tert-OH is 1. The quantitative estimate of drug-likeness (QED) is 0.152. The number of hydrogen-bond donors (Lipinski definition) is 7. The molecule has 3 heterocycles. The predicted octanol–water partition coefficient (Wildman–Crippen LogP) is -0.862. The Hall–Kier alpha value is -1.80. The van der Waals surface area contributed by atoms with E-state index in [1.165, 1.54) is 6.92 Å². The van der Waals surface area contributed by atoms with Crippen LogP contribution in [0, 0.1) is 25.1 Å². The van der Waals surface area contributed by atoms with E-state index in [4.69, 9.17) is 23.7 Å². The zero-order valence-corrected chi connectivity index (χ0v) is 19.6. The maximum atomic E-state index is 14.5. The second-order valence-corrected chi connectivity index (χ2v) is 11.2. The van der Waals surface area contributed by atoms with Crippen LogP contribution in [0.25, 0.3) is 11.0 Å². The molecular weight excluding hydrogens is 546 g/mol. The number of rotatable bonds is 8. The van der Waals surface area contributed by atoms with Gasteiger partial charge in [-0.2, -0.15) is 8.62 Å². The molecule has 0 aromatic carbocycles. The summed E-state index contributed by atoms with van der Waals surface area (Å²) in [5.74, 6) is 0.510. The monoisotopic (exact) mass is 565 g/mol. The molecule has 7 N–H and O–H groups in total. The number of phosphoric acid groups is 3. The number of nitrogens with zero attached hydrogens (tertiary/aromatic N) is 2. The number of aromatic amines is 1. The second-order valence-electron chi connectivity index (χ2n) is 6.86. The lowest BCUT2D eigenvalue weighted by molar-refractivity contribution is -0.0717. The molecule has 1 aliphatic heterocycles. The molecule has 0 radical (unpaired) electrons. The Bertz CT molecular complexity index is 1490. The Morgan fingerprint density at radius 3 is 2.54 bits per heavy atom. The standard InChI is InChI=1S/C14H17FN3O14P3/c1-3-14(21)10(19)8(5-29-34(25,26)32-35(27,28)31-33(22,23)24)30-13(14)18-4-7(15)9-11(18)16-6(2)17-12(9)20/h1,4,8,10,13,19,21H,5H2,2H3,(H,25,26)(H,27,28)(H,16,17,20)(H2,22,23,24)/t8-,10+,13-,14?/m1/s1/i5D2. The summed E-state index contributed by atoms with van der Waals surface area (Å²) in [6.45, 7) is -2.41. The third kappa shape index (κ3) is 5.79.